The number of thioether (sulfide) groups is 1. The summed E-state index contributed by atoms with van der Waals surface area (Å²) in [5, 5.41) is 8.69. The molecule has 0 saturated heterocycles. The highest BCUT2D eigenvalue weighted by Crippen LogP contribution is 2.19. The Labute approximate surface area is 143 Å². The van der Waals surface area contributed by atoms with Gasteiger partial charge in [-0.2, -0.15) is 4.68 Å². The summed E-state index contributed by atoms with van der Waals surface area (Å²) in [6.45, 7) is 5.57. The molecule has 0 fully saturated rings. The number of Topliss-reactive ketones (excluding diaryl/α,β-unsaturated/α-hetero) is 1. The number of ketones is 1. The number of nitrogen functional groups attached to an aromatic ring is 1. The molecule has 122 valence electrons. The summed E-state index contributed by atoms with van der Waals surface area (Å²) in [6.07, 6.45) is 0. The molecule has 2 aromatic rings. The molecule has 0 aliphatic carbocycles. The average Bonchev–Trinajstić information content (AvgIpc) is 2.48. The van der Waals surface area contributed by atoms with Gasteiger partial charge in [0.05, 0.1) is 5.75 Å². The standard InChI is InChI=1S/C15H17ClN4O2S/c1-15(2,3)12-13(22)20(17)14(19-18-12)23-8-11(21)9-4-6-10(16)7-5-9/h4-7H,8,17H2,1-3H3. The summed E-state index contributed by atoms with van der Waals surface area (Å²) < 4.78 is 0.938. The van der Waals surface area contributed by atoms with E-state index in [2.05, 4.69) is 10.2 Å². The van der Waals surface area contributed by atoms with Gasteiger partial charge in [-0.3, -0.25) is 9.59 Å². The first-order valence-corrected chi connectivity index (χ1v) is 8.23. The third-order valence-electron chi connectivity index (χ3n) is 3.07. The molecule has 23 heavy (non-hydrogen) atoms. The van der Waals surface area contributed by atoms with Crippen LogP contribution in [0.15, 0.2) is 34.2 Å². The van der Waals surface area contributed by atoms with E-state index < -0.39 is 11.0 Å². The lowest BCUT2D eigenvalue weighted by atomic mass is 9.93. The number of hydrogen-bond donors (Lipinski definition) is 1. The van der Waals surface area contributed by atoms with Gasteiger partial charge in [-0.25, -0.2) is 0 Å². The number of aromatic nitrogens is 3. The van der Waals surface area contributed by atoms with Crippen molar-refractivity contribution < 1.29 is 4.79 Å². The number of nitrogens with zero attached hydrogens (tertiary/aromatic N) is 3. The molecule has 0 saturated carbocycles. The summed E-state index contributed by atoms with van der Waals surface area (Å²) in [6, 6.07) is 6.59. The fraction of sp³-hybridized carbons (Fsp3) is 0.333. The predicted octanol–water partition coefficient (Wildman–Crippen LogP) is 2.28. The molecule has 0 spiro atoms. The van der Waals surface area contributed by atoms with Crippen molar-refractivity contribution in [2.75, 3.05) is 11.6 Å². The second kappa shape index (κ2) is 6.72. The molecule has 6 nitrogen and oxygen atoms in total. The Kier molecular flexibility index (Phi) is 5.11. The van der Waals surface area contributed by atoms with Crippen molar-refractivity contribution in [1.82, 2.24) is 14.9 Å². The van der Waals surface area contributed by atoms with Gasteiger partial charge in [0, 0.05) is 16.0 Å². The van der Waals surface area contributed by atoms with E-state index in [0.29, 0.717) is 10.6 Å². The minimum atomic E-state index is -0.451. The quantitative estimate of drug-likeness (QED) is 0.515. The third-order valence-corrected chi connectivity index (χ3v) is 4.27. The van der Waals surface area contributed by atoms with Crippen molar-refractivity contribution in [3.8, 4) is 0 Å². The minimum absolute atomic E-state index is 0.0990. The van der Waals surface area contributed by atoms with Crippen LogP contribution >= 0.6 is 23.4 Å². The number of carbonyl (C=O) groups is 1. The van der Waals surface area contributed by atoms with Crippen molar-refractivity contribution >= 4 is 29.1 Å². The molecule has 0 bridgehead atoms. The number of hydrogen-bond acceptors (Lipinski definition) is 6. The summed E-state index contributed by atoms with van der Waals surface area (Å²) in [4.78, 5) is 24.3. The van der Waals surface area contributed by atoms with Crippen LogP contribution in [0.1, 0.15) is 36.8 Å². The Morgan fingerprint density at radius 2 is 1.87 bits per heavy atom. The van der Waals surface area contributed by atoms with Crippen LogP contribution in [0.4, 0.5) is 0 Å². The Morgan fingerprint density at radius 3 is 2.43 bits per heavy atom. The highest BCUT2D eigenvalue weighted by Gasteiger charge is 2.23. The molecule has 8 heteroatoms. The van der Waals surface area contributed by atoms with Crippen LogP contribution in [0.3, 0.4) is 0 Å². The SMILES string of the molecule is CC(C)(C)c1nnc(SCC(=O)c2ccc(Cl)cc2)n(N)c1=O. The Hall–Kier alpha value is -1.86. The van der Waals surface area contributed by atoms with Gasteiger partial charge in [0.15, 0.2) is 5.78 Å². The monoisotopic (exact) mass is 352 g/mol. The maximum Gasteiger partial charge on any atom is 0.295 e. The first kappa shape index (κ1) is 17.5. The summed E-state index contributed by atoms with van der Waals surface area (Å²) in [7, 11) is 0. The van der Waals surface area contributed by atoms with Crippen molar-refractivity contribution in [3.05, 3.63) is 50.9 Å². The fourth-order valence-electron chi connectivity index (χ4n) is 1.80. The molecule has 2 N–H and O–H groups in total. The molecule has 1 aromatic heterocycles. The van der Waals surface area contributed by atoms with Crippen LogP contribution in [0.5, 0.6) is 0 Å². The van der Waals surface area contributed by atoms with Crippen LogP contribution in [-0.2, 0) is 5.41 Å². The largest absolute Gasteiger partial charge is 0.334 e. The summed E-state index contributed by atoms with van der Waals surface area (Å²) in [5.74, 6) is 5.77. The average molecular weight is 353 g/mol. The Morgan fingerprint density at radius 1 is 1.26 bits per heavy atom. The highest BCUT2D eigenvalue weighted by atomic mass is 35.5. The van der Waals surface area contributed by atoms with E-state index in [1.807, 2.05) is 20.8 Å². The van der Waals surface area contributed by atoms with Gasteiger partial charge in [-0.1, -0.05) is 44.1 Å². The third kappa shape index (κ3) is 4.11. The maximum atomic E-state index is 12.2. The normalized spacial score (nSPS) is 11.5. The lowest BCUT2D eigenvalue weighted by Gasteiger charge is -2.17. The number of nitrogens with two attached hydrogens (primary N) is 1. The molecule has 0 amide bonds. The predicted molar refractivity (Wildman–Crippen MR) is 91.6 cm³/mol. The number of rotatable bonds is 4. The molecular formula is C15H17ClN4O2S. The summed E-state index contributed by atoms with van der Waals surface area (Å²) in [5.41, 5.74) is -0.0394. The fourth-order valence-corrected chi connectivity index (χ4v) is 2.68. The molecule has 0 atom stereocenters. The van der Waals surface area contributed by atoms with Gasteiger partial charge >= 0.3 is 0 Å². The maximum absolute atomic E-state index is 12.2. The van der Waals surface area contributed by atoms with Gasteiger partial charge in [0.2, 0.25) is 5.16 Å². The van der Waals surface area contributed by atoms with Crippen LogP contribution < -0.4 is 11.4 Å². The van der Waals surface area contributed by atoms with E-state index in [4.69, 9.17) is 17.4 Å². The van der Waals surface area contributed by atoms with Crippen molar-refractivity contribution in [1.29, 1.82) is 0 Å². The van der Waals surface area contributed by atoms with Crippen LogP contribution in [-0.4, -0.2) is 26.4 Å². The molecule has 0 unspecified atom stereocenters. The number of benzene rings is 1. The molecule has 0 aliphatic heterocycles. The summed E-state index contributed by atoms with van der Waals surface area (Å²) >= 11 is 6.86. The van der Waals surface area contributed by atoms with Gasteiger partial charge in [0.25, 0.3) is 5.56 Å². The van der Waals surface area contributed by atoms with E-state index in [9.17, 15) is 9.59 Å². The van der Waals surface area contributed by atoms with E-state index >= 15 is 0 Å². The van der Waals surface area contributed by atoms with Crippen LogP contribution in [0.2, 0.25) is 5.02 Å². The smallest absolute Gasteiger partial charge is 0.295 e. The molecule has 0 aliphatic rings. The van der Waals surface area contributed by atoms with Gasteiger partial charge in [-0.05, 0) is 24.3 Å². The molecule has 0 radical (unpaired) electrons. The zero-order valence-electron chi connectivity index (χ0n) is 13.0. The Bertz CT molecular complexity index is 782. The lowest BCUT2D eigenvalue weighted by molar-refractivity contribution is 0.102. The topological polar surface area (TPSA) is 90.9 Å². The Balaban J connectivity index is 2.15. The van der Waals surface area contributed by atoms with E-state index in [-0.39, 0.29) is 22.4 Å². The first-order valence-electron chi connectivity index (χ1n) is 6.87. The van der Waals surface area contributed by atoms with E-state index in [1.165, 1.54) is 0 Å². The zero-order valence-corrected chi connectivity index (χ0v) is 14.6. The number of carbonyl (C=O) groups excluding carboxylic acids is 1. The van der Waals surface area contributed by atoms with Gasteiger partial charge < -0.3 is 5.84 Å². The first-order chi connectivity index (χ1) is 10.7. The minimum Gasteiger partial charge on any atom is -0.334 e. The van der Waals surface area contributed by atoms with Gasteiger partial charge in [0.1, 0.15) is 5.69 Å². The zero-order chi connectivity index (χ0) is 17.2. The molecule has 1 heterocycles. The van der Waals surface area contributed by atoms with Crippen LogP contribution in [0, 0.1) is 0 Å². The van der Waals surface area contributed by atoms with E-state index in [0.717, 1.165) is 16.4 Å². The lowest BCUT2D eigenvalue weighted by Crippen LogP contribution is -2.38. The molecule has 2 rings (SSSR count). The molecular weight excluding hydrogens is 336 g/mol. The van der Waals surface area contributed by atoms with E-state index in [1.54, 1.807) is 24.3 Å². The van der Waals surface area contributed by atoms with Crippen molar-refractivity contribution in [2.45, 2.75) is 31.3 Å². The van der Waals surface area contributed by atoms with Crippen molar-refractivity contribution in [3.63, 3.8) is 0 Å². The second-order valence-corrected chi connectivity index (χ2v) is 7.35. The van der Waals surface area contributed by atoms with Crippen molar-refractivity contribution in [2.24, 2.45) is 0 Å². The van der Waals surface area contributed by atoms with Crippen LogP contribution in [0.25, 0.3) is 0 Å². The highest BCUT2D eigenvalue weighted by molar-refractivity contribution is 7.99. The second-order valence-electron chi connectivity index (χ2n) is 5.98. The molecule has 1 aromatic carbocycles. The van der Waals surface area contributed by atoms with Gasteiger partial charge in [-0.15, -0.1) is 10.2 Å². The number of halogens is 1.